The number of halogens is 2. The SMILES string of the molecule is CC(C)(C)C1=Cc2cc(NC(=O)C3(c4ccc5c(c4)OC(F)(F)O5)CC3)ccc2C1C[C@@H](O)CO.[HH].[HH].[HH]. The molecule has 0 radical (unpaired) electrons. The Labute approximate surface area is 207 Å². The standard InChI is InChI=1S/C27H29F2NO5.3H2/c1-25(2,3)21-11-15-10-17(5-6-19(15)20(21)13-18(32)14-31)30-24(33)26(8-9-26)16-4-7-22-23(12-16)35-27(28,29)34-22;;;/h4-7,10-12,18,20,31-32H,8-9,13-14H2,1-3H3,(H,30,33);3*1H/t18-,20?;;;/m1.../s1. The summed E-state index contributed by atoms with van der Waals surface area (Å²) in [5.41, 5.74) is 3.52. The van der Waals surface area contributed by atoms with Gasteiger partial charge in [-0.25, -0.2) is 0 Å². The third kappa shape index (κ3) is 4.29. The first-order chi connectivity index (χ1) is 16.4. The number of nitrogens with one attached hydrogen (secondary N) is 1. The van der Waals surface area contributed by atoms with Crippen LogP contribution in [0.25, 0.3) is 6.08 Å². The van der Waals surface area contributed by atoms with E-state index in [1.54, 1.807) is 6.07 Å². The normalized spacial score (nSPS) is 21.8. The summed E-state index contributed by atoms with van der Waals surface area (Å²) in [7, 11) is 0. The number of rotatable bonds is 6. The molecule has 0 bridgehead atoms. The largest absolute Gasteiger partial charge is 0.586 e. The number of allylic oxidation sites excluding steroid dienone is 1. The van der Waals surface area contributed by atoms with Crippen LogP contribution in [0.4, 0.5) is 14.5 Å². The summed E-state index contributed by atoms with van der Waals surface area (Å²) in [5, 5.41) is 22.5. The molecule has 2 atom stereocenters. The Bertz CT molecular complexity index is 1230. The first kappa shape index (κ1) is 23.8. The van der Waals surface area contributed by atoms with Crippen LogP contribution < -0.4 is 14.8 Å². The van der Waals surface area contributed by atoms with Gasteiger partial charge in [-0.2, -0.15) is 0 Å². The molecule has 1 aliphatic heterocycles. The Hall–Kier alpha value is -2.97. The van der Waals surface area contributed by atoms with Crippen molar-refractivity contribution in [3.8, 4) is 11.5 Å². The Morgan fingerprint density at radius 3 is 2.54 bits per heavy atom. The molecule has 0 spiro atoms. The zero-order chi connectivity index (χ0) is 25.2. The second-order valence-electron chi connectivity index (χ2n) is 10.7. The van der Waals surface area contributed by atoms with Crippen molar-refractivity contribution in [2.75, 3.05) is 11.9 Å². The summed E-state index contributed by atoms with van der Waals surface area (Å²) in [6.45, 7) is 6.05. The van der Waals surface area contributed by atoms with Crippen molar-refractivity contribution < 1.29 is 37.5 Å². The second kappa shape index (κ2) is 8.03. The Morgan fingerprint density at radius 1 is 1.17 bits per heavy atom. The van der Waals surface area contributed by atoms with Gasteiger partial charge < -0.3 is 25.0 Å². The molecule has 2 aliphatic carbocycles. The summed E-state index contributed by atoms with van der Waals surface area (Å²) < 4.78 is 35.8. The van der Waals surface area contributed by atoms with Crippen LogP contribution in [0.3, 0.4) is 0 Å². The number of benzene rings is 2. The minimum atomic E-state index is -3.70. The number of carbonyl (C=O) groups excluding carboxylic acids is 1. The fourth-order valence-corrected chi connectivity index (χ4v) is 5.14. The first-order valence-corrected chi connectivity index (χ1v) is 11.8. The molecule has 0 saturated heterocycles. The molecule has 1 heterocycles. The van der Waals surface area contributed by atoms with Crippen LogP contribution in [0.15, 0.2) is 42.0 Å². The first-order valence-electron chi connectivity index (χ1n) is 11.8. The van der Waals surface area contributed by atoms with E-state index in [9.17, 15) is 23.8 Å². The zero-order valence-corrected chi connectivity index (χ0v) is 19.9. The third-order valence-corrected chi connectivity index (χ3v) is 7.13. The van der Waals surface area contributed by atoms with Gasteiger partial charge in [0.05, 0.1) is 18.1 Å². The molecule has 3 N–H and O–H groups in total. The van der Waals surface area contributed by atoms with Crippen molar-refractivity contribution in [3.05, 3.63) is 58.7 Å². The highest BCUT2D eigenvalue weighted by Crippen LogP contribution is 2.53. The number of ether oxygens (including phenoxy) is 2. The summed E-state index contributed by atoms with van der Waals surface area (Å²) in [6, 6.07) is 10.2. The van der Waals surface area contributed by atoms with Crippen LogP contribution in [-0.4, -0.2) is 35.1 Å². The minimum absolute atomic E-state index is 0. The lowest BCUT2D eigenvalue weighted by Crippen LogP contribution is -2.28. The van der Waals surface area contributed by atoms with E-state index >= 15 is 0 Å². The van der Waals surface area contributed by atoms with E-state index in [4.69, 9.17) is 0 Å². The summed E-state index contributed by atoms with van der Waals surface area (Å²) in [6.07, 6.45) is -0.777. The molecular formula is C27H35F2NO5. The third-order valence-electron chi connectivity index (χ3n) is 7.13. The molecule has 8 heteroatoms. The number of hydrogen-bond donors (Lipinski definition) is 3. The van der Waals surface area contributed by atoms with Crippen LogP contribution in [0.2, 0.25) is 0 Å². The molecule has 1 saturated carbocycles. The number of aliphatic hydroxyl groups is 2. The fourth-order valence-electron chi connectivity index (χ4n) is 5.14. The van der Waals surface area contributed by atoms with Gasteiger partial charge in [-0.15, -0.1) is 8.78 Å². The number of aliphatic hydroxyl groups excluding tert-OH is 2. The van der Waals surface area contributed by atoms with E-state index < -0.39 is 17.8 Å². The lowest BCUT2D eigenvalue weighted by Gasteiger charge is -2.28. The van der Waals surface area contributed by atoms with Gasteiger partial charge in [0.25, 0.3) is 0 Å². The van der Waals surface area contributed by atoms with E-state index in [-0.39, 0.29) is 39.6 Å². The molecule has 1 unspecified atom stereocenters. The maximum atomic E-state index is 13.4. The summed E-state index contributed by atoms with van der Waals surface area (Å²) in [5.74, 6) is -0.331. The lowest BCUT2D eigenvalue weighted by molar-refractivity contribution is -0.286. The molecule has 6 nitrogen and oxygen atoms in total. The highest BCUT2D eigenvalue weighted by molar-refractivity contribution is 6.01. The van der Waals surface area contributed by atoms with Crippen molar-refractivity contribution in [3.63, 3.8) is 0 Å². The molecule has 3 aliphatic rings. The molecular weight excluding hydrogens is 456 g/mol. The molecule has 192 valence electrons. The van der Waals surface area contributed by atoms with Gasteiger partial charge >= 0.3 is 6.29 Å². The Morgan fingerprint density at radius 2 is 1.89 bits per heavy atom. The maximum absolute atomic E-state index is 13.4. The highest BCUT2D eigenvalue weighted by atomic mass is 19.3. The molecule has 0 aromatic heterocycles. The minimum Gasteiger partial charge on any atom is -0.395 e. The Kier molecular flexibility index (Phi) is 5.45. The molecule has 2 aromatic carbocycles. The number of fused-ring (bicyclic) bond motifs is 2. The van der Waals surface area contributed by atoms with Crippen LogP contribution in [0.1, 0.15) is 66.9 Å². The van der Waals surface area contributed by atoms with Gasteiger partial charge in [0, 0.05) is 15.9 Å². The Balaban J connectivity index is 0.00000169. The van der Waals surface area contributed by atoms with Crippen LogP contribution in [0, 0.1) is 5.41 Å². The number of hydrogen-bond acceptors (Lipinski definition) is 5. The predicted molar refractivity (Wildman–Crippen MR) is 133 cm³/mol. The van der Waals surface area contributed by atoms with E-state index in [1.807, 2.05) is 18.2 Å². The highest BCUT2D eigenvalue weighted by Gasteiger charge is 2.53. The van der Waals surface area contributed by atoms with Gasteiger partial charge in [-0.1, -0.05) is 44.6 Å². The lowest BCUT2D eigenvalue weighted by atomic mass is 9.77. The van der Waals surface area contributed by atoms with Gasteiger partial charge in [0.2, 0.25) is 5.91 Å². The molecule has 2 aromatic rings. The van der Waals surface area contributed by atoms with Crippen molar-refractivity contribution in [2.45, 2.75) is 63.8 Å². The van der Waals surface area contributed by atoms with Crippen molar-refractivity contribution in [1.29, 1.82) is 0 Å². The van der Waals surface area contributed by atoms with E-state index in [2.05, 4.69) is 41.6 Å². The number of carbonyl (C=O) groups is 1. The van der Waals surface area contributed by atoms with E-state index in [0.29, 0.717) is 30.5 Å². The van der Waals surface area contributed by atoms with Gasteiger partial charge in [0.1, 0.15) is 0 Å². The number of alkyl halides is 2. The average molecular weight is 492 g/mol. The molecule has 5 rings (SSSR count). The maximum Gasteiger partial charge on any atom is 0.586 e. The second-order valence-corrected chi connectivity index (χ2v) is 10.7. The predicted octanol–water partition coefficient (Wildman–Crippen LogP) is 5.69. The quantitative estimate of drug-likeness (QED) is 0.483. The van der Waals surface area contributed by atoms with Gasteiger partial charge in [0.15, 0.2) is 11.5 Å². The molecule has 1 fully saturated rings. The molecule has 1 amide bonds. The van der Waals surface area contributed by atoms with E-state index in [0.717, 1.165) is 11.1 Å². The van der Waals surface area contributed by atoms with Crippen molar-refractivity contribution >= 4 is 17.7 Å². The zero-order valence-electron chi connectivity index (χ0n) is 19.9. The average Bonchev–Trinajstić information content (AvgIpc) is 3.42. The van der Waals surface area contributed by atoms with Crippen molar-refractivity contribution in [1.82, 2.24) is 0 Å². The topological polar surface area (TPSA) is 88.0 Å². The fraction of sp³-hybridized carbons (Fsp3) is 0.444. The van der Waals surface area contributed by atoms with Crippen molar-refractivity contribution in [2.24, 2.45) is 5.41 Å². The smallest absolute Gasteiger partial charge is 0.395 e. The van der Waals surface area contributed by atoms with Crippen LogP contribution >= 0.6 is 0 Å². The van der Waals surface area contributed by atoms with Crippen LogP contribution in [0.5, 0.6) is 11.5 Å². The van der Waals surface area contributed by atoms with Gasteiger partial charge in [-0.3, -0.25) is 4.79 Å². The number of anilines is 1. The monoisotopic (exact) mass is 491 g/mol. The van der Waals surface area contributed by atoms with E-state index in [1.165, 1.54) is 17.7 Å². The number of amides is 1. The molecule has 35 heavy (non-hydrogen) atoms. The van der Waals surface area contributed by atoms with Gasteiger partial charge in [-0.05, 0) is 65.6 Å². The summed E-state index contributed by atoms with van der Waals surface area (Å²) >= 11 is 0. The summed E-state index contributed by atoms with van der Waals surface area (Å²) in [4.78, 5) is 13.3. The van der Waals surface area contributed by atoms with Crippen LogP contribution in [-0.2, 0) is 10.2 Å².